The van der Waals surface area contributed by atoms with E-state index in [9.17, 15) is 63.1 Å². The molecule has 2 aliphatic heterocycles. The second-order valence-corrected chi connectivity index (χ2v) is 34.9. The van der Waals surface area contributed by atoms with Crippen LogP contribution in [0.2, 0.25) is 0 Å². The van der Waals surface area contributed by atoms with Crippen molar-refractivity contribution in [1.29, 1.82) is 0 Å². The molecule has 41 heteroatoms. The molecule has 9 rings (SSSR count). The molecule has 2 aliphatic rings. The lowest BCUT2D eigenvalue weighted by atomic mass is 9.79. The van der Waals surface area contributed by atoms with Crippen molar-refractivity contribution >= 4 is 114 Å². The third-order valence-electron chi connectivity index (χ3n) is 19.8. The first-order chi connectivity index (χ1) is 57.3. The Labute approximate surface area is 707 Å². The SMILES string of the molecule is CCCC(=O)CCCCC[N+]1=C(/C=C/C=C/C=C2\N(CC)c3ccc4c(S(=O)(=O)O)cccc4c3C2(C)C)C(C)(C)c2c1ccc1ccc(S(=O)(=O)O)cc21.CCCC[C@H](NC(=O)Cn1cc(CCCF)nn1)C(=O)NCCOCCOCCOCCn1cc(CN([C@@H](C(=O)NO)C(C)C)S(=O)(=O)c2ccc(OC)cc2)nn1.O=S(=O)=O.O=S(=O)=O. The van der Waals surface area contributed by atoms with Gasteiger partial charge in [0, 0.05) is 84.6 Å². The molecule has 2 aromatic heterocycles. The number of ether oxygens (including phenoxy) is 4. The number of alkyl halides is 1. The number of sulfonamides is 1. The van der Waals surface area contributed by atoms with Crippen LogP contribution in [0.5, 0.6) is 5.75 Å². The molecular formula is C80H108FN12O23S5+. The third kappa shape index (κ3) is 28.9. The van der Waals surface area contributed by atoms with Gasteiger partial charge < -0.3 is 34.5 Å². The number of carbonyl (C=O) groups excluding carboxylic acids is 4. The summed E-state index contributed by atoms with van der Waals surface area (Å²) in [5.41, 5.74) is 7.57. The molecule has 0 unspecified atom stereocenters. The molecule has 121 heavy (non-hydrogen) atoms. The lowest BCUT2D eigenvalue weighted by molar-refractivity contribution is -0.438. The molecule has 4 heterocycles. The van der Waals surface area contributed by atoms with Gasteiger partial charge in [0.05, 0.1) is 93.1 Å². The number of likely N-dealkylation sites (N-methyl/N-ethyl adjacent to an activating group) is 1. The van der Waals surface area contributed by atoms with Crippen LogP contribution in [0.15, 0.2) is 148 Å². The molecule has 662 valence electrons. The van der Waals surface area contributed by atoms with Crippen LogP contribution in [0.1, 0.15) is 149 Å². The number of carbonyl (C=O) groups is 4. The Morgan fingerprint density at radius 3 is 1.93 bits per heavy atom. The Balaban J connectivity index is 0.000000344. The van der Waals surface area contributed by atoms with Gasteiger partial charge in [-0.25, -0.2) is 23.3 Å². The number of nitrogens with zero attached hydrogens (tertiary/aromatic N) is 9. The van der Waals surface area contributed by atoms with Crippen molar-refractivity contribution in [1.82, 2.24) is 50.4 Å². The van der Waals surface area contributed by atoms with Crippen LogP contribution in [0.25, 0.3) is 21.5 Å². The fraction of sp³-hybridized carbons (Fsp3) is 0.487. The van der Waals surface area contributed by atoms with Gasteiger partial charge in [-0.3, -0.25) is 37.9 Å². The second kappa shape index (κ2) is 47.6. The van der Waals surface area contributed by atoms with E-state index in [4.69, 9.17) is 44.2 Å². The molecule has 5 aromatic carbocycles. The van der Waals surface area contributed by atoms with Gasteiger partial charge in [-0.15, -0.1) is 35.5 Å². The van der Waals surface area contributed by atoms with Crippen LogP contribution in [-0.4, -0.2) is 218 Å². The molecule has 0 spiro atoms. The van der Waals surface area contributed by atoms with E-state index in [0.717, 1.165) is 99.4 Å². The number of aromatic nitrogens is 6. The molecule has 0 radical (unpaired) electrons. The van der Waals surface area contributed by atoms with Crippen molar-refractivity contribution < 1.29 is 112 Å². The molecule has 3 amide bonds. The minimum Gasteiger partial charge on any atom is -0.497 e. The van der Waals surface area contributed by atoms with Crippen LogP contribution in [0.4, 0.5) is 15.8 Å². The van der Waals surface area contributed by atoms with E-state index in [-0.39, 0.29) is 65.0 Å². The lowest BCUT2D eigenvalue weighted by Crippen LogP contribution is -2.51. The van der Waals surface area contributed by atoms with Crippen LogP contribution >= 0.6 is 0 Å². The van der Waals surface area contributed by atoms with E-state index in [2.05, 4.69) is 93.6 Å². The van der Waals surface area contributed by atoms with E-state index < -0.39 is 92.9 Å². The van der Waals surface area contributed by atoms with Gasteiger partial charge in [-0.2, -0.15) is 25.7 Å². The number of methoxy groups -OCH3 is 1. The predicted octanol–water partition coefficient (Wildman–Crippen LogP) is 8.64. The highest BCUT2D eigenvalue weighted by Gasteiger charge is 2.46. The number of ketones is 1. The van der Waals surface area contributed by atoms with Gasteiger partial charge >= 0.3 is 21.2 Å². The number of anilines is 1. The number of aryl methyl sites for hydroxylation is 1. The number of rotatable bonds is 44. The van der Waals surface area contributed by atoms with E-state index >= 15 is 0 Å². The summed E-state index contributed by atoms with van der Waals surface area (Å²) < 4.78 is 187. The van der Waals surface area contributed by atoms with E-state index in [0.29, 0.717) is 94.2 Å². The smallest absolute Gasteiger partial charge is 0.425 e. The van der Waals surface area contributed by atoms with Gasteiger partial charge in [-0.05, 0) is 148 Å². The molecular weight excluding hydrogens is 1680 g/mol. The van der Waals surface area contributed by atoms with Crippen molar-refractivity contribution in [2.45, 2.75) is 190 Å². The van der Waals surface area contributed by atoms with Gasteiger partial charge in [-0.1, -0.05) is 107 Å². The number of nitrogens with one attached hydrogen (secondary N) is 3. The first kappa shape index (κ1) is 100. The minimum atomic E-state index is -4.41. The monoisotopic (exact) mass is 1780 g/mol. The van der Waals surface area contributed by atoms with E-state index in [1.807, 2.05) is 50.3 Å². The van der Waals surface area contributed by atoms with E-state index in [1.54, 1.807) is 56.0 Å². The first-order valence-corrected chi connectivity index (χ1v) is 45.5. The summed E-state index contributed by atoms with van der Waals surface area (Å²) in [6.45, 7) is 20.8. The maximum absolute atomic E-state index is 13.8. The molecule has 0 fully saturated rings. The zero-order valence-electron chi connectivity index (χ0n) is 69.3. The number of allylic oxidation sites excluding steroid dienone is 6. The molecule has 0 saturated heterocycles. The molecule has 6 N–H and O–H groups in total. The summed E-state index contributed by atoms with van der Waals surface area (Å²) in [4.78, 5) is 52.1. The fourth-order valence-corrected chi connectivity index (χ4v) is 17.2. The van der Waals surface area contributed by atoms with Gasteiger partial charge in [0.25, 0.3) is 26.1 Å². The van der Waals surface area contributed by atoms with Crippen LogP contribution in [-0.2, 0) is 122 Å². The summed E-state index contributed by atoms with van der Waals surface area (Å²) >= 11 is 0. The Bertz CT molecular complexity index is 5410. The number of unbranched alkanes of at least 4 members (excludes halogenated alkanes) is 3. The standard InChI is InChI=1S/C44H50N2O7S2.C36H57FN10O10S.2O3S/c1-7-16-31(47)17-11-10-14-28-46-37-26-23-30-22-24-32(54(48,49)50)29-35(30)42(37)44(5,6)40(46)21-13-9-12-20-39-43(3,4)41-34-18-15-19-38(55(51,52)53)33(34)25-27-36(41)45(39)8-2;1-5-6-9-32(39-33(48)26-46-23-28(40-44-46)8-7-14-37)35(49)38-15-17-55-19-21-57-22-20-56-18-16-45-24-29(41-43-45)25-47(34(27(2)3)36(50)42-51)58(52,53)31-12-10-30(54-4)11-13-31;2*1-4(2)3/h9,12-13,15,18-27,29H,7-8,10-11,14,16-17,28H2,1-6H3,(H-,48,49,50,51,52,53);10-13,23-24,27,32,34,51H,5-9,14-22,25-26H2,1-4H3,(H,38,49)(H,39,48)(H,42,50);;/p+1/t;32-,34+;;/m.0../s1. The van der Waals surface area contributed by atoms with Crippen molar-refractivity contribution in [3.8, 4) is 5.75 Å². The van der Waals surface area contributed by atoms with Crippen molar-refractivity contribution in [3.63, 3.8) is 0 Å². The van der Waals surface area contributed by atoms with E-state index in [1.165, 1.54) is 52.9 Å². The summed E-state index contributed by atoms with van der Waals surface area (Å²) in [5, 5.41) is 33.9. The normalized spacial score (nSPS) is 14.4. The number of benzene rings is 5. The highest BCUT2D eigenvalue weighted by atomic mass is 32.2. The number of Topliss-reactive ketones (excluding diaryl/α,β-unsaturated/α-hetero) is 1. The highest BCUT2D eigenvalue weighted by Crippen LogP contribution is 2.51. The molecule has 2 atom stereocenters. The fourth-order valence-electron chi connectivity index (χ4n) is 14.3. The topological polar surface area (TPSA) is 478 Å². The molecule has 0 aliphatic carbocycles. The number of hydrogen-bond acceptors (Lipinski definition) is 26. The van der Waals surface area contributed by atoms with Crippen molar-refractivity contribution in [2.75, 3.05) is 78.0 Å². The Hall–Kier alpha value is -9.79. The summed E-state index contributed by atoms with van der Waals surface area (Å²) in [6, 6.07) is 21.3. The molecule has 0 bridgehead atoms. The number of fused-ring (bicyclic) bond motifs is 6. The second-order valence-electron chi connectivity index (χ2n) is 29.4. The maximum Gasteiger partial charge on any atom is 0.425 e. The third-order valence-corrected chi connectivity index (χ3v) is 23.4. The Kier molecular flexibility index (Phi) is 39.3. The summed E-state index contributed by atoms with van der Waals surface area (Å²) in [7, 11) is -17.8. The average Bonchev–Trinajstić information content (AvgIpc) is 1.58. The van der Waals surface area contributed by atoms with Gasteiger partial charge in [0.15, 0.2) is 5.71 Å². The minimum absolute atomic E-state index is 0.0666. The molecule has 0 saturated carbocycles. The quantitative estimate of drug-likeness (QED) is 0.00519. The number of amides is 3. The van der Waals surface area contributed by atoms with Gasteiger partial charge in [0.2, 0.25) is 27.5 Å². The number of halogens is 1. The Morgan fingerprint density at radius 1 is 0.669 bits per heavy atom. The van der Waals surface area contributed by atoms with Crippen molar-refractivity contribution in [2.24, 2.45) is 5.92 Å². The zero-order valence-corrected chi connectivity index (χ0v) is 73.4. The average molecular weight is 1790 g/mol. The number of hydroxylamine groups is 1. The van der Waals surface area contributed by atoms with Crippen molar-refractivity contribution in [3.05, 3.63) is 156 Å². The van der Waals surface area contributed by atoms with Crippen LogP contribution in [0, 0.1) is 5.92 Å². The van der Waals surface area contributed by atoms with Crippen LogP contribution < -0.4 is 25.8 Å². The largest absolute Gasteiger partial charge is 0.497 e. The zero-order chi connectivity index (χ0) is 89.4. The summed E-state index contributed by atoms with van der Waals surface area (Å²) in [6.07, 6.45) is 20.9. The van der Waals surface area contributed by atoms with Crippen LogP contribution in [0.3, 0.4) is 0 Å². The molecule has 35 nitrogen and oxygen atoms in total. The lowest BCUT2D eigenvalue weighted by Gasteiger charge is -2.31. The van der Waals surface area contributed by atoms with Gasteiger partial charge in [0.1, 0.15) is 41.6 Å². The first-order valence-electron chi connectivity index (χ1n) is 39.2. The Morgan fingerprint density at radius 2 is 1.31 bits per heavy atom. The molecule has 7 aromatic rings. The predicted molar refractivity (Wildman–Crippen MR) is 446 cm³/mol. The number of hydrogen-bond donors (Lipinski definition) is 6. The highest BCUT2D eigenvalue weighted by molar-refractivity contribution is 7.89. The maximum atomic E-state index is 13.8. The summed E-state index contributed by atoms with van der Waals surface area (Å²) in [5.74, 6) is -1.31.